The molecular formula is C8H19NO4. The summed E-state index contributed by atoms with van der Waals surface area (Å²) >= 11 is 0. The largest absolute Gasteiger partial charge is 0.393 e. The maximum absolute atomic E-state index is 9.06. The van der Waals surface area contributed by atoms with Gasteiger partial charge < -0.3 is 19.7 Å². The fourth-order valence-corrected chi connectivity index (χ4v) is 0.895. The first kappa shape index (κ1) is 12.8. The minimum atomic E-state index is -0.980. The molecule has 0 aliphatic carbocycles. The molecule has 5 heteroatoms. The van der Waals surface area contributed by atoms with Crippen LogP contribution >= 0.6 is 0 Å². The molecular weight excluding hydrogens is 174 g/mol. The van der Waals surface area contributed by atoms with Gasteiger partial charge in [0.05, 0.1) is 18.8 Å². The summed E-state index contributed by atoms with van der Waals surface area (Å²) in [7, 11) is 3.13. The van der Waals surface area contributed by atoms with Gasteiger partial charge in [0.25, 0.3) is 0 Å². The molecule has 0 spiro atoms. The molecule has 3 N–H and O–H groups in total. The van der Waals surface area contributed by atoms with Gasteiger partial charge in [-0.15, -0.1) is 0 Å². The van der Waals surface area contributed by atoms with E-state index in [2.05, 4.69) is 5.32 Å². The molecule has 0 amide bonds. The molecule has 0 radical (unpaired) electrons. The zero-order valence-electron chi connectivity index (χ0n) is 8.36. The molecule has 5 nitrogen and oxygen atoms in total. The number of hydrogen-bond acceptors (Lipinski definition) is 5. The average molecular weight is 193 g/mol. The van der Waals surface area contributed by atoms with E-state index in [0.29, 0.717) is 6.42 Å². The summed E-state index contributed by atoms with van der Waals surface area (Å²) in [5.41, 5.74) is 0. The molecule has 13 heavy (non-hydrogen) atoms. The zero-order valence-corrected chi connectivity index (χ0v) is 8.36. The van der Waals surface area contributed by atoms with Crippen molar-refractivity contribution in [2.24, 2.45) is 0 Å². The van der Waals surface area contributed by atoms with Crippen LogP contribution in [0.2, 0.25) is 0 Å². The molecule has 0 rings (SSSR count). The smallest absolute Gasteiger partial charge is 0.213 e. The second-order valence-electron chi connectivity index (χ2n) is 2.92. The Hall–Kier alpha value is -0.200. The lowest BCUT2D eigenvalue weighted by Crippen LogP contribution is -2.32. The summed E-state index contributed by atoms with van der Waals surface area (Å²) in [6.07, 6.45) is -1.11. The highest BCUT2D eigenvalue weighted by Crippen LogP contribution is 2.02. The molecule has 1 unspecified atom stereocenters. The zero-order chi connectivity index (χ0) is 10.3. The number of nitrogens with one attached hydrogen (secondary N) is 1. The van der Waals surface area contributed by atoms with Crippen molar-refractivity contribution in [1.82, 2.24) is 5.32 Å². The van der Waals surface area contributed by atoms with Crippen LogP contribution in [0, 0.1) is 0 Å². The highest BCUT2D eigenvalue weighted by Gasteiger charge is 2.12. The van der Waals surface area contributed by atoms with Crippen LogP contribution in [0.4, 0.5) is 0 Å². The van der Waals surface area contributed by atoms with Crippen LogP contribution in [-0.2, 0) is 9.47 Å². The second-order valence-corrected chi connectivity index (χ2v) is 2.92. The Labute approximate surface area is 78.7 Å². The summed E-state index contributed by atoms with van der Waals surface area (Å²) in [5, 5.41) is 20.6. The predicted molar refractivity (Wildman–Crippen MR) is 48.1 cm³/mol. The Morgan fingerprint density at radius 2 is 2.00 bits per heavy atom. The van der Waals surface area contributed by atoms with Gasteiger partial charge in [-0.1, -0.05) is 0 Å². The molecule has 0 aromatic heterocycles. The lowest BCUT2D eigenvalue weighted by molar-refractivity contribution is -0.143. The summed E-state index contributed by atoms with van der Waals surface area (Å²) in [5.74, 6) is 0. The Morgan fingerprint density at radius 3 is 2.38 bits per heavy atom. The minimum Gasteiger partial charge on any atom is -0.393 e. The van der Waals surface area contributed by atoms with Crippen molar-refractivity contribution in [2.75, 3.05) is 20.8 Å². The standard InChI is InChI=1S/C8H19NO4/c1-6(10)4-7(12-3)5-13-8(11)9-2/h6-11H,4-5H2,1-3H3/t6-,7+,8?/m1/s1. The van der Waals surface area contributed by atoms with E-state index in [4.69, 9.17) is 19.7 Å². The van der Waals surface area contributed by atoms with E-state index in [1.807, 2.05) is 0 Å². The minimum absolute atomic E-state index is 0.192. The second kappa shape index (κ2) is 7.23. The fraction of sp³-hybridized carbons (Fsp3) is 1.00. The molecule has 0 aliphatic heterocycles. The molecule has 0 fully saturated rings. The normalized spacial score (nSPS) is 18.2. The molecule has 0 aromatic carbocycles. The van der Waals surface area contributed by atoms with Gasteiger partial charge in [0.2, 0.25) is 6.41 Å². The third-order valence-electron chi connectivity index (χ3n) is 1.62. The van der Waals surface area contributed by atoms with Crippen LogP contribution in [0.1, 0.15) is 13.3 Å². The van der Waals surface area contributed by atoms with E-state index in [0.717, 1.165) is 0 Å². The topological polar surface area (TPSA) is 71.0 Å². The number of aliphatic hydroxyl groups excluding tert-OH is 2. The van der Waals surface area contributed by atoms with E-state index in [-0.39, 0.29) is 12.7 Å². The summed E-state index contributed by atoms with van der Waals surface area (Å²) in [4.78, 5) is 0. The number of aliphatic hydroxyl groups is 2. The number of ether oxygens (including phenoxy) is 2. The predicted octanol–water partition coefficient (Wildman–Crippen LogP) is -0.716. The Balaban J connectivity index is 3.59. The van der Waals surface area contributed by atoms with Crippen molar-refractivity contribution >= 4 is 0 Å². The van der Waals surface area contributed by atoms with Crippen LogP contribution in [0.25, 0.3) is 0 Å². The first-order valence-corrected chi connectivity index (χ1v) is 4.28. The number of methoxy groups -OCH3 is 1. The van der Waals surface area contributed by atoms with Gasteiger partial charge in [0, 0.05) is 13.5 Å². The quantitative estimate of drug-likeness (QED) is 0.466. The highest BCUT2D eigenvalue weighted by atomic mass is 16.6. The van der Waals surface area contributed by atoms with Gasteiger partial charge in [-0.3, -0.25) is 5.32 Å². The third kappa shape index (κ3) is 6.92. The Kier molecular flexibility index (Phi) is 7.12. The van der Waals surface area contributed by atoms with Gasteiger partial charge in [0.1, 0.15) is 0 Å². The molecule has 0 saturated carbocycles. The van der Waals surface area contributed by atoms with Gasteiger partial charge in [-0.05, 0) is 14.0 Å². The van der Waals surface area contributed by atoms with Crippen LogP contribution in [0.5, 0.6) is 0 Å². The molecule has 0 bridgehead atoms. The van der Waals surface area contributed by atoms with Gasteiger partial charge in [0.15, 0.2) is 0 Å². The van der Waals surface area contributed by atoms with E-state index in [1.165, 1.54) is 0 Å². The lowest BCUT2D eigenvalue weighted by atomic mass is 10.2. The first-order valence-electron chi connectivity index (χ1n) is 4.28. The summed E-state index contributed by atoms with van der Waals surface area (Å²) in [6, 6.07) is 0. The lowest BCUT2D eigenvalue weighted by Gasteiger charge is -2.18. The SMILES string of the molecule is CNC(O)OC[C@H](C[C@@H](C)O)OC. The monoisotopic (exact) mass is 193 g/mol. The van der Waals surface area contributed by atoms with Crippen molar-refractivity contribution < 1.29 is 19.7 Å². The summed E-state index contributed by atoms with van der Waals surface area (Å²) < 4.78 is 9.99. The Morgan fingerprint density at radius 1 is 1.38 bits per heavy atom. The van der Waals surface area contributed by atoms with Crippen LogP contribution in [-0.4, -0.2) is 49.6 Å². The number of rotatable bonds is 7. The first-order chi connectivity index (χ1) is 6.10. The summed E-state index contributed by atoms with van der Waals surface area (Å²) in [6.45, 7) is 1.93. The molecule has 0 aromatic rings. The van der Waals surface area contributed by atoms with Crippen LogP contribution in [0.3, 0.4) is 0 Å². The van der Waals surface area contributed by atoms with Gasteiger partial charge >= 0.3 is 0 Å². The van der Waals surface area contributed by atoms with E-state index in [1.54, 1.807) is 21.1 Å². The maximum Gasteiger partial charge on any atom is 0.213 e. The molecule has 0 heterocycles. The molecule has 0 aliphatic rings. The van der Waals surface area contributed by atoms with Crippen molar-refractivity contribution in [3.63, 3.8) is 0 Å². The molecule has 0 saturated heterocycles. The number of hydrogen-bond donors (Lipinski definition) is 3. The van der Waals surface area contributed by atoms with E-state index in [9.17, 15) is 0 Å². The van der Waals surface area contributed by atoms with Crippen molar-refractivity contribution in [1.29, 1.82) is 0 Å². The van der Waals surface area contributed by atoms with Crippen molar-refractivity contribution in [3.8, 4) is 0 Å². The molecule has 80 valence electrons. The Bertz CT molecular complexity index is 121. The third-order valence-corrected chi connectivity index (χ3v) is 1.62. The highest BCUT2D eigenvalue weighted by molar-refractivity contribution is 4.60. The van der Waals surface area contributed by atoms with Gasteiger partial charge in [-0.2, -0.15) is 0 Å². The van der Waals surface area contributed by atoms with Crippen LogP contribution in [0.15, 0.2) is 0 Å². The van der Waals surface area contributed by atoms with Crippen LogP contribution < -0.4 is 5.32 Å². The van der Waals surface area contributed by atoms with Crippen molar-refractivity contribution in [3.05, 3.63) is 0 Å². The fourth-order valence-electron chi connectivity index (χ4n) is 0.895. The van der Waals surface area contributed by atoms with E-state index >= 15 is 0 Å². The van der Waals surface area contributed by atoms with Gasteiger partial charge in [-0.25, -0.2) is 0 Å². The van der Waals surface area contributed by atoms with E-state index < -0.39 is 12.5 Å². The maximum atomic E-state index is 9.06. The molecule has 3 atom stereocenters. The van der Waals surface area contributed by atoms with Crippen molar-refractivity contribution in [2.45, 2.75) is 32.0 Å². The average Bonchev–Trinajstić information content (AvgIpc) is 2.10.